The number of halogens is 2. The Morgan fingerprint density at radius 1 is 1.19 bits per heavy atom. The van der Waals surface area contributed by atoms with E-state index in [0.29, 0.717) is 35.3 Å². The first-order chi connectivity index (χ1) is 12.4. The summed E-state index contributed by atoms with van der Waals surface area (Å²) in [6.45, 7) is 11.7. The van der Waals surface area contributed by atoms with Crippen molar-refractivity contribution in [3.63, 3.8) is 0 Å². The van der Waals surface area contributed by atoms with E-state index in [-0.39, 0.29) is 6.10 Å². The zero-order valence-corrected chi connectivity index (χ0v) is 18.5. The van der Waals surface area contributed by atoms with Crippen molar-refractivity contribution < 1.29 is 4.74 Å². The highest BCUT2D eigenvalue weighted by Gasteiger charge is 2.35. The number of hydrogen-bond acceptors (Lipinski definition) is 2. The fourth-order valence-electron chi connectivity index (χ4n) is 4.65. The van der Waals surface area contributed by atoms with Crippen LogP contribution in [0.25, 0.3) is 0 Å². The second-order valence-electron chi connectivity index (χ2n) is 8.76. The highest BCUT2D eigenvalue weighted by atomic mass is 35.5. The Bertz CT molecular complexity index is 422. The van der Waals surface area contributed by atoms with Gasteiger partial charge in [-0.3, -0.25) is 0 Å². The molecule has 0 aromatic heterocycles. The Kier molecular flexibility index (Phi) is 9.78. The largest absolute Gasteiger partial charge is 0.373 e. The molecule has 2 nitrogen and oxygen atoms in total. The van der Waals surface area contributed by atoms with Crippen molar-refractivity contribution >= 4 is 23.2 Å². The molecule has 2 aliphatic rings. The lowest BCUT2D eigenvalue weighted by atomic mass is 9.80. The van der Waals surface area contributed by atoms with E-state index in [4.69, 9.17) is 27.9 Å². The van der Waals surface area contributed by atoms with E-state index in [9.17, 15) is 0 Å². The molecule has 2 saturated carbocycles. The molecular weight excluding hydrogens is 365 g/mol. The van der Waals surface area contributed by atoms with Crippen molar-refractivity contribution in [2.75, 3.05) is 6.54 Å². The van der Waals surface area contributed by atoms with E-state index in [2.05, 4.69) is 32.7 Å². The van der Waals surface area contributed by atoms with Gasteiger partial charge in [0.05, 0.1) is 12.2 Å². The van der Waals surface area contributed by atoms with Crippen molar-refractivity contribution in [2.45, 2.75) is 102 Å². The van der Waals surface area contributed by atoms with Crippen molar-refractivity contribution in [1.29, 1.82) is 0 Å². The van der Waals surface area contributed by atoms with Gasteiger partial charge in [0.1, 0.15) is 0 Å². The molecule has 0 bridgehead atoms. The van der Waals surface area contributed by atoms with Gasteiger partial charge < -0.3 is 10.1 Å². The van der Waals surface area contributed by atoms with E-state index < -0.39 is 0 Å². The smallest absolute Gasteiger partial charge is 0.0706 e. The zero-order valence-electron chi connectivity index (χ0n) is 17.0. The summed E-state index contributed by atoms with van der Waals surface area (Å²) in [6.07, 6.45) is 11.2. The predicted molar refractivity (Wildman–Crippen MR) is 114 cm³/mol. The third kappa shape index (κ3) is 7.00. The monoisotopic (exact) mass is 403 g/mol. The lowest BCUT2D eigenvalue weighted by Crippen LogP contribution is -2.50. The number of ether oxygens (including phenoxy) is 1. The van der Waals surface area contributed by atoms with Crippen LogP contribution in [0.15, 0.2) is 11.6 Å². The van der Waals surface area contributed by atoms with Gasteiger partial charge in [0.15, 0.2) is 0 Å². The molecule has 26 heavy (non-hydrogen) atoms. The summed E-state index contributed by atoms with van der Waals surface area (Å²) in [5.74, 6) is 1.94. The molecule has 152 valence electrons. The van der Waals surface area contributed by atoms with Gasteiger partial charge in [-0.25, -0.2) is 0 Å². The maximum atomic E-state index is 6.48. The van der Waals surface area contributed by atoms with Gasteiger partial charge in [0.2, 0.25) is 0 Å². The predicted octanol–water partition coefficient (Wildman–Crippen LogP) is 6.50. The van der Waals surface area contributed by atoms with E-state index >= 15 is 0 Å². The first kappa shape index (κ1) is 22.5. The summed E-state index contributed by atoms with van der Waals surface area (Å²) < 4.78 is 6.48. The number of rotatable bonds is 11. The Morgan fingerprint density at radius 3 is 2.38 bits per heavy atom. The lowest BCUT2D eigenvalue weighted by molar-refractivity contribution is -0.0971. The zero-order chi connectivity index (χ0) is 19.1. The summed E-state index contributed by atoms with van der Waals surface area (Å²) in [4.78, 5) is 0. The first-order valence-electron chi connectivity index (χ1n) is 10.8. The van der Waals surface area contributed by atoms with Crippen molar-refractivity contribution in [3.8, 4) is 0 Å². The van der Waals surface area contributed by atoms with Gasteiger partial charge in [-0.2, -0.15) is 0 Å². The van der Waals surface area contributed by atoms with Crippen LogP contribution in [0.5, 0.6) is 0 Å². The second-order valence-corrected chi connectivity index (χ2v) is 9.91. The molecule has 4 heteroatoms. The minimum Gasteiger partial charge on any atom is -0.373 e. The van der Waals surface area contributed by atoms with Crippen LogP contribution in [0.3, 0.4) is 0 Å². The van der Waals surface area contributed by atoms with Gasteiger partial charge in [-0.05, 0) is 82.6 Å². The number of alkyl halides is 1. The maximum absolute atomic E-state index is 6.48. The van der Waals surface area contributed by atoms with E-state index in [1.54, 1.807) is 0 Å². The highest BCUT2D eigenvalue weighted by molar-refractivity contribution is 6.29. The molecular formula is C22H39Cl2NO. The van der Waals surface area contributed by atoms with Gasteiger partial charge >= 0.3 is 0 Å². The van der Waals surface area contributed by atoms with E-state index in [1.165, 1.54) is 38.5 Å². The van der Waals surface area contributed by atoms with Crippen LogP contribution >= 0.6 is 23.2 Å². The Hall–Kier alpha value is 0.240. The fourth-order valence-corrected chi connectivity index (χ4v) is 5.12. The molecule has 5 unspecified atom stereocenters. The van der Waals surface area contributed by atoms with Crippen molar-refractivity contribution in [3.05, 3.63) is 11.6 Å². The molecule has 2 aliphatic carbocycles. The van der Waals surface area contributed by atoms with Crippen LogP contribution in [0.4, 0.5) is 0 Å². The molecule has 2 rings (SSSR count). The fraction of sp³-hybridized carbons (Fsp3) is 0.909. The minimum atomic E-state index is 0.251. The third-order valence-electron chi connectivity index (χ3n) is 6.49. The van der Waals surface area contributed by atoms with Crippen LogP contribution in [0, 0.1) is 17.8 Å². The molecule has 0 spiro atoms. The molecule has 0 heterocycles. The molecule has 2 fully saturated rings. The van der Waals surface area contributed by atoms with Gasteiger partial charge in [-0.1, -0.05) is 38.4 Å². The summed E-state index contributed by atoms with van der Waals surface area (Å²) in [7, 11) is 0. The Labute approximate surface area is 171 Å². The normalized spacial score (nSPS) is 32.5. The summed E-state index contributed by atoms with van der Waals surface area (Å²) in [5, 5.41) is 5.03. The summed E-state index contributed by atoms with van der Waals surface area (Å²) >= 11 is 12.5. The average molecular weight is 404 g/mol. The van der Waals surface area contributed by atoms with Crippen molar-refractivity contribution in [2.24, 2.45) is 17.8 Å². The van der Waals surface area contributed by atoms with Crippen LogP contribution in [-0.2, 0) is 4.74 Å². The molecule has 0 aromatic rings. The third-order valence-corrected chi connectivity index (χ3v) is 7.09. The standard InChI is InChI=1S/C22H39Cl2NO/c1-5-6-18(13-16(3)23)14-25-22(19-8-10-20(24)11-9-19)17(4)26-21-12-7-15(21)2/h15,17-22,25H,3,5-14H2,1-2,4H3. The highest BCUT2D eigenvalue weighted by Crippen LogP contribution is 2.35. The molecule has 0 radical (unpaired) electrons. The topological polar surface area (TPSA) is 21.3 Å². The quantitative estimate of drug-likeness (QED) is 0.397. The lowest BCUT2D eigenvalue weighted by Gasteiger charge is -2.41. The SMILES string of the molecule is C=C(Cl)CC(CCC)CNC(C1CCC(Cl)CC1)C(C)OC1CCC1C. The van der Waals surface area contributed by atoms with Gasteiger partial charge in [-0.15, -0.1) is 11.6 Å². The van der Waals surface area contributed by atoms with E-state index in [0.717, 1.165) is 30.8 Å². The molecule has 1 N–H and O–H groups in total. The van der Waals surface area contributed by atoms with E-state index in [1.807, 2.05) is 0 Å². The summed E-state index contributed by atoms with van der Waals surface area (Å²) in [5.41, 5.74) is 0. The maximum Gasteiger partial charge on any atom is 0.0706 e. The van der Waals surface area contributed by atoms with Crippen LogP contribution in [0.2, 0.25) is 0 Å². The summed E-state index contributed by atoms with van der Waals surface area (Å²) in [6, 6.07) is 0.412. The van der Waals surface area contributed by atoms with Crippen LogP contribution in [-0.4, -0.2) is 30.2 Å². The first-order valence-corrected chi connectivity index (χ1v) is 11.6. The minimum absolute atomic E-state index is 0.251. The Morgan fingerprint density at radius 2 is 1.88 bits per heavy atom. The Balaban J connectivity index is 1.95. The molecule has 0 saturated heterocycles. The van der Waals surface area contributed by atoms with Crippen LogP contribution < -0.4 is 5.32 Å². The molecule has 5 atom stereocenters. The van der Waals surface area contributed by atoms with Crippen LogP contribution in [0.1, 0.15) is 78.6 Å². The number of nitrogens with one attached hydrogen (secondary N) is 1. The molecule has 0 aromatic carbocycles. The molecule has 0 amide bonds. The average Bonchev–Trinajstić information content (AvgIpc) is 2.59. The van der Waals surface area contributed by atoms with Gasteiger partial charge in [0.25, 0.3) is 0 Å². The molecule has 0 aliphatic heterocycles. The van der Waals surface area contributed by atoms with Crippen molar-refractivity contribution in [1.82, 2.24) is 5.32 Å². The second kappa shape index (κ2) is 11.3. The number of allylic oxidation sites excluding steroid dienone is 1. The van der Waals surface area contributed by atoms with Gasteiger partial charge in [0, 0.05) is 16.5 Å². The number of hydrogen-bond donors (Lipinski definition) is 1.